The summed E-state index contributed by atoms with van der Waals surface area (Å²) >= 11 is 5.91. The van der Waals surface area contributed by atoms with Crippen molar-refractivity contribution in [3.63, 3.8) is 0 Å². The van der Waals surface area contributed by atoms with Gasteiger partial charge < -0.3 is 10.4 Å². The second kappa shape index (κ2) is 6.28. The van der Waals surface area contributed by atoms with Crippen molar-refractivity contribution in [3.8, 4) is 12.3 Å². The van der Waals surface area contributed by atoms with Gasteiger partial charge in [0.15, 0.2) is 0 Å². The molecule has 1 rings (SSSR count). The molecule has 0 aliphatic heterocycles. The van der Waals surface area contributed by atoms with Crippen LogP contribution in [0.2, 0.25) is 5.02 Å². The number of halogens is 1. The lowest BCUT2D eigenvalue weighted by Gasteiger charge is -2.14. The second-order valence-electron chi connectivity index (χ2n) is 3.58. The van der Waals surface area contributed by atoms with Crippen molar-refractivity contribution < 1.29 is 5.11 Å². The van der Waals surface area contributed by atoms with Crippen LogP contribution in [-0.2, 0) is 6.54 Å². The third-order valence-electron chi connectivity index (χ3n) is 2.12. The van der Waals surface area contributed by atoms with Crippen LogP contribution in [0.15, 0.2) is 11.0 Å². The highest BCUT2D eigenvalue weighted by molar-refractivity contribution is 6.32. The van der Waals surface area contributed by atoms with Crippen LogP contribution in [-0.4, -0.2) is 27.5 Å². The first kappa shape index (κ1) is 13.6. The maximum atomic E-state index is 11.7. The molecule has 0 aliphatic carbocycles. The van der Waals surface area contributed by atoms with Crippen molar-refractivity contribution in [2.75, 3.05) is 11.9 Å². The minimum absolute atomic E-state index is 0.00684. The van der Waals surface area contributed by atoms with E-state index in [0.717, 1.165) is 4.68 Å². The van der Waals surface area contributed by atoms with Crippen LogP contribution in [0.1, 0.15) is 13.3 Å². The Morgan fingerprint density at radius 1 is 1.76 bits per heavy atom. The van der Waals surface area contributed by atoms with Gasteiger partial charge in [-0.2, -0.15) is 5.10 Å². The summed E-state index contributed by atoms with van der Waals surface area (Å²) in [6, 6.07) is 0.00684. The molecule has 1 heterocycles. The topological polar surface area (TPSA) is 67.2 Å². The van der Waals surface area contributed by atoms with Crippen LogP contribution >= 0.6 is 11.6 Å². The fourth-order valence-corrected chi connectivity index (χ4v) is 1.51. The average Bonchev–Trinajstić information content (AvgIpc) is 2.29. The summed E-state index contributed by atoms with van der Waals surface area (Å²) < 4.78 is 1.11. The fourth-order valence-electron chi connectivity index (χ4n) is 1.31. The van der Waals surface area contributed by atoms with Crippen LogP contribution in [0.5, 0.6) is 0 Å². The lowest BCUT2D eigenvalue weighted by Crippen LogP contribution is -2.26. The highest BCUT2D eigenvalue weighted by Crippen LogP contribution is 2.16. The highest BCUT2D eigenvalue weighted by Gasteiger charge is 2.10. The zero-order valence-electron chi connectivity index (χ0n) is 9.48. The van der Waals surface area contributed by atoms with Crippen molar-refractivity contribution in [2.45, 2.75) is 25.9 Å². The summed E-state index contributed by atoms with van der Waals surface area (Å²) in [5.74, 6) is 2.51. The Kier molecular flexibility index (Phi) is 5.01. The third-order valence-corrected chi connectivity index (χ3v) is 2.49. The fraction of sp³-hybridized carbons (Fsp3) is 0.455. The van der Waals surface area contributed by atoms with Gasteiger partial charge in [-0.15, -0.1) is 12.3 Å². The van der Waals surface area contributed by atoms with Crippen molar-refractivity contribution in [3.05, 3.63) is 21.6 Å². The summed E-state index contributed by atoms with van der Waals surface area (Å²) in [4.78, 5) is 11.7. The van der Waals surface area contributed by atoms with Crippen LogP contribution in [0.4, 0.5) is 5.69 Å². The average molecular weight is 256 g/mol. The van der Waals surface area contributed by atoms with E-state index in [0.29, 0.717) is 12.1 Å². The summed E-state index contributed by atoms with van der Waals surface area (Å²) in [6.07, 6.45) is 7.16. The van der Waals surface area contributed by atoms with Gasteiger partial charge in [0.2, 0.25) is 0 Å². The van der Waals surface area contributed by atoms with Gasteiger partial charge in [-0.3, -0.25) is 4.79 Å². The van der Waals surface area contributed by atoms with Gasteiger partial charge in [-0.1, -0.05) is 11.6 Å². The Morgan fingerprint density at radius 2 is 2.47 bits per heavy atom. The molecule has 0 aliphatic rings. The van der Waals surface area contributed by atoms with Crippen LogP contribution in [0, 0.1) is 12.3 Å². The number of hydrogen-bond donors (Lipinski definition) is 2. The molecule has 1 aromatic rings. The molecule has 17 heavy (non-hydrogen) atoms. The standard InChI is InChI=1S/C11H14ClN3O2/c1-3-4-8(2)14-9-7-13-15(5-6-16)11(17)10(9)12/h1,7-8,14,16H,4-6H2,2H3. The van der Waals surface area contributed by atoms with E-state index in [2.05, 4.69) is 16.3 Å². The highest BCUT2D eigenvalue weighted by atomic mass is 35.5. The molecule has 0 aromatic carbocycles. The molecule has 5 nitrogen and oxygen atoms in total. The number of anilines is 1. The monoisotopic (exact) mass is 255 g/mol. The van der Waals surface area contributed by atoms with E-state index in [9.17, 15) is 4.79 Å². The quantitative estimate of drug-likeness (QED) is 0.761. The van der Waals surface area contributed by atoms with Crippen molar-refractivity contribution >= 4 is 17.3 Å². The van der Waals surface area contributed by atoms with Gasteiger partial charge in [-0.25, -0.2) is 4.68 Å². The summed E-state index contributed by atoms with van der Waals surface area (Å²) in [5, 5.41) is 15.7. The number of terminal acetylenes is 1. The SMILES string of the molecule is C#CCC(C)Nc1cnn(CCO)c(=O)c1Cl. The maximum Gasteiger partial charge on any atom is 0.287 e. The van der Waals surface area contributed by atoms with E-state index in [1.165, 1.54) is 6.20 Å². The van der Waals surface area contributed by atoms with Crippen LogP contribution < -0.4 is 10.9 Å². The number of rotatable bonds is 5. The lowest BCUT2D eigenvalue weighted by atomic mass is 10.2. The van der Waals surface area contributed by atoms with Crippen LogP contribution in [0.3, 0.4) is 0 Å². The molecule has 0 fully saturated rings. The van der Waals surface area contributed by atoms with E-state index in [1.807, 2.05) is 6.92 Å². The van der Waals surface area contributed by atoms with Gasteiger partial charge in [0.25, 0.3) is 5.56 Å². The number of nitrogens with zero attached hydrogens (tertiary/aromatic N) is 2. The third kappa shape index (κ3) is 3.48. The van der Waals surface area contributed by atoms with E-state index in [-0.39, 0.29) is 24.2 Å². The van der Waals surface area contributed by atoms with Crippen molar-refractivity contribution in [1.82, 2.24) is 9.78 Å². The number of aliphatic hydroxyl groups excluding tert-OH is 1. The number of hydrogen-bond acceptors (Lipinski definition) is 4. The number of aliphatic hydroxyl groups is 1. The normalized spacial score (nSPS) is 11.9. The molecule has 92 valence electrons. The molecule has 0 saturated carbocycles. The predicted molar refractivity (Wildman–Crippen MR) is 67.1 cm³/mol. The number of nitrogens with one attached hydrogen (secondary N) is 1. The molecular weight excluding hydrogens is 242 g/mol. The second-order valence-corrected chi connectivity index (χ2v) is 3.96. The minimum atomic E-state index is -0.432. The summed E-state index contributed by atoms with van der Waals surface area (Å²) in [6.45, 7) is 1.84. The van der Waals surface area contributed by atoms with Crippen LogP contribution in [0.25, 0.3) is 0 Å². The van der Waals surface area contributed by atoms with Gasteiger partial charge >= 0.3 is 0 Å². The Morgan fingerprint density at radius 3 is 3.06 bits per heavy atom. The van der Waals surface area contributed by atoms with Gasteiger partial charge in [0.1, 0.15) is 5.02 Å². The molecule has 0 bridgehead atoms. The molecule has 0 amide bonds. The Balaban J connectivity index is 2.93. The molecule has 2 N–H and O–H groups in total. The molecular formula is C11H14ClN3O2. The minimum Gasteiger partial charge on any atom is -0.394 e. The zero-order valence-corrected chi connectivity index (χ0v) is 10.2. The van der Waals surface area contributed by atoms with Gasteiger partial charge in [0.05, 0.1) is 25.0 Å². The van der Waals surface area contributed by atoms with Gasteiger partial charge in [0, 0.05) is 12.5 Å². The Bertz CT molecular complexity index is 479. The van der Waals surface area contributed by atoms with Crippen molar-refractivity contribution in [1.29, 1.82) is 0 Å². The van der Waals surface area contributed by atoms with E-state index in [4.69, 9.17) is 23.1 Å². The first-order valence-electron chi connectivity index (χ1n) is 5.16. The van der Waals surface area contributed by atoms with E-state index < -0.39 is 5.56 Å². The number of aromatic nitrogens is 2. The molecule has 0 radical (unpaired) electrons. The van der Waals surface area contributed by atoms with E-state index in [1.54, 1.807) is 0 Å². The first-order valence-corrected chi connectivity index (χ1v) is 5.54. The van der Waals surface area contributed by atoms with Gasteiger partial charge in [-0.05, 0) is 6.92 Å². The smallest absolute Gasteiger partial charge is 0.287 e. The Hall–Kier alpha value is -1.51. The first-order chi connectivity index (χ1) is 8.10. The molecule has 1 atom stereocenters. The maximum absolute atomic E-state index is 11.7. The Labute approximate surface area is 104 Å². The molecule has 0 spiro atoms. The summed E-state index contributed by atoms with van der Waals surface area (Å²) in [7, 11) is 0. The van der Waals surface area contributed by atoms with Crippen molar-refractivity contribution in [2.24, 2.45) is 0 Å². The predicted octanol–water partition coefficient (Wildman–Crippen LogP) is 0.713. The lowest BCUT2D eigenvalue weighted by molar-refractivity contribution is 0.266. The van der Waals surface area contributed by atoms with E-state index >= 15 is 0 Å². The zero-order chi connectivity index (χ0) is 12.8. The molecule has 1 unspecified atom stereocenters. The largest absolute Gasteiger partial charge is 0.394 e. The molecule has 1 aromatic heterocycles. The summed E-state index contributed by atoms with van der Waals surface area (Å²) in [5.41, 5.74) is 0.0206. The molecule has 6 heteroatoms. The molecule has 0 saturated heterocycles.